The third-order valence-electron chi connectivity index (χ3n) is 9.42. The largest absolute Gasteiger partial charge is 0.496 e. The summed E-state index contributed by atoms with van der Waals surface area (Å²) in [5, 5.41) is 0. The van der Waals surface area contributed by atoms with Crippen molar-refractivity contribution in [1.82, 2.24) is 0 Å². The normalized spacial score (nSPS) is 11.3. The molecule has 4 nitrogen and oxygen atoms in total. The molecule has 0 N–H and O–H groups in total. The first-order valence-electron chi connectivity index (χ1n) is 17.7. The number of hydrogen-bond acceptors (Lipinski definition) is 7. The third-order valence-corrected chi connectivity index (χ3v) is 13.6. The first-order valence-corrected chi connectivity index (χ1v) is 20.1. The average molecular weight is 717 g/mol. The van der Waals surface area contributed by atoms with Gasteiger partial charge in [0, 0.05) is 29.3 Å². The summed E-state index contributed by atoms with van der Waals surface area (Å²) in [4.78, 5) is 7.83. The highest BCUT2D eigenvalue weighted by atomic mass is 32.1. The van der Waals surface area contributed by atoms with Crippen LogP contribution in [0, 0.1) is 13.8 Å². The second-order valence-electron chi connectivity index (χ2n) is 12.6. The van der Waals surface area contributed by atoms with Crippen LogP contribution in [0.4, 0.5) is 0 Å². The van der Waals surface area contributed by atoms with Crippen LogP contribution in [0.15, 0.2) is 48.5 Å². The standard InChI is InChI=1S/C42H52O4S3/c1-9-11-13-15-19-29-25-35(47-41(29)37-31(43-5)21-17-22-32(37)44-6)39-27(3)28(4)40(49-39)36-26-30(20-16-14-12-10-2)42(48-36)38-33(45-7)23-18-24-34(38)46-8/h17-18,21-26H,9-16,19-20H2,1-8H3. The molecular formula is C42H52O4S3. The van der Waals surface area contributed by atoms with Crippen molar-refractivity contribution in [2.75, 3.05) is 28.4 Å². The van der Waals surface area contributed by atoms with Gasteiger partial charge in [-0.15, -0.1) is 34.0 Å². The molecule has 0 spiro atoms. The highest BCUT2D eigenvalue weighted by Gasteiger charge is 2.25. The van der Waals surface area contributed by atoms with E-state index in [1.165, 1.54) is 103 Å². The molecule has 7 heteroatoms. The van der Waals surface area contributed by atoms with Crippen molar-refractivity contribution in [3.05, 3.63) is 70.8 Å². The van der Waals surface area contributed by atoms with Crippen molar-refractivity contribution >= 4 is 34.0 Å². The van der Waals surface area contributed by atoms with Gasteiger partial charge in [-0.25, -0.2) is 0 Å². The Morgan fingerprint density at radius 2 is 0.837 bits per heavy atom. The van der Waals surface area contributed by atoms with Crippen molar-refractivity contribution in [2.45, 2.75) is 91.9 Å². The fourth-order valence-corrected chi connectivity index (χ4v) is 10.7. The van der Waals surface area contributed by atoms with Crippen LogP contribution in [-0.2, 0) is 12.8 Å². The second kappa shape index (κ2) is 17.6. The molecule has 0 radical (unpaired) electrons. The lowest BCUT2D eigenvalue weighted by molar-refractivity contribution is 0.397. The van der Waals surface area contributed by atoms with Gasteiger partial charge in [0.25, 0.3) is 0 Å². The van der Waals surface area contributed by atoms with E-state index in [4.69, 9.17) is 18.9 Å². The molecule has 5 rings (SSSR count). The van der Waals surface area contributed by atoms with E-state index in [1.54, 1.807) is 28.4 Å². The number of hydrogen-bond donors (Lipinski definition) is 0. The predicted octanol–water partition coefficient (Wildman–Crippen LogP) is 13.4. The number of rotatable bonds is 18. The summed E-state index contributed by atoms with van der Waals surface area (Å²) in [5.41, 5.74) is 7.57. The maximum Gasteiger partial charge on any atom is 0.131 e. The van der Waals surface area contributed by atoms with Gasteiger partial charge in [0.2, 0.25) is 0 Å². The van der Waals surface area contributed by atoms with E-state index in [1.807, 2.05) is 70.4 Å². The van der Waals surface area contributed by atoms with Crippen LogP contribution >= 0.6 is 34.0 Å². The van der Waals surface area contributed by atoms with Gasteiger partial charge in [0.1, 0.15) is 23.0 Å². The monoisotopic (exact) mass is 716 g/mol. The van der Waals surface area contributed by atoms with Crippen LogP contribution in [0.3, 0.4) is 0 Å². The molecule has 0 amide bonds. The second-order valence-corrected chi connectivity index (χ2v) is 15.8. The molecule has 0 atom stereocenters. The summed E-state index contributed by atoms with van der Waals surface area (Å²) in [6, 6.07) is 17.1. The quantitative estimate of drug-likeness (QED) is 0.0846. The van der Waals surface area contributed by atoms with Gasteiger partial charge in [0.15, 0.2) is 0 Å². The van der Waals surface area contributed by atoms with E-state index in [0.29, 0.717) is 0 Å². The molecular weight excluding hydrogens is 665 g/mol. The van der Waals surface area contributed by atoms with Crippen molar-refractivity contribution < 1.29 is 18.9 Å². The van der Waals surface area contributed by atoms with Crippen LogP contribution in [0.2, 0.25) is 0 Å². The molecule has 0 saturated heterocycles. The van der Waals surface area contributed by atoms with Gasteiger partial charge in [0.05, 0.1) is 39.6 Å². The van der Waals surface area contributed by atoms with Gasteiger partial charge in [-0.1, -0.05) is 64.5 Å². The first kappa shape index (κ1) is 37.0. The molecule has 5 aromatic rings. The number of ether oxygens (including phenoxy) is 4. The van der Waals surface area contributed by atoms with E-state index in [9.17, 15) is 0 Å². The smallest absolute Gasteiger partial charge is 0.131 e. The molecule has 0 aliphatic carbocycles. The highest BCUT2D eigenvalue weighted by Crippen LogP contribution is 2.53. The number of thiophene rings is 3. The maximum atomic E-state index is 5.90. The lowest BCUT2D eigenvalue weighted by Crippen LogP contribution is -1.94. The molecule has 0 saturated carbocycles. The summed E-state index contributed by atoms with van der Waals surface area (Å²) in [6.45, 7) is 9.12. The lowest BCUT2D eigenvalue weighted by Gasteiger charge is -2.13. The Morgan fingerprint density at radius 1 is 0.469 bits per heavy atom. The molecule has 3 aromatic heterocycles. The van der Waals surface area contributed by atoms with Gasteiger partial charge in [-0.2, -0.15) is 0 Å². The Labute approximate surface area is 306 Å². The Morgan fingerprint density at radius 3 is 1.16 bits per heavy atom. The van der Waals surface area contributed by atoms with E-state index in [0.717, 1.165) is 47.0 Å². The summed E-state index contributed by atoms with van der Waals surface area (Å²) in [5.74, 6) is 3.41. The highest BCUT2D eigenvalue weighted by molar-refractivity contribution is 7.28. The average Bonchev–Trinajstić information content (AvgIpc) is 3.82. The van der Waals surface area contributed by atoms with Crippen LogP contribution < -0.4 is 18.9 Å². The van der Waals surface area contributed by atoms with E-state index >= 15 is 0 Å². The number of methoxy groups -OCH3 is 4. The fourth-order valence-electron chi connectivity index (χ4n) is 6.58. The zero-order chi connectivity index (χ0) is 34.9. The molecule has 0 unspecified atom stereocenters. The Bertz CT molecular complexity index is 1650. The van der Waals surface area contributed by atoms with Crippen molar-refractivity contribution in [3.8, 4) is 63.4 Å². The predicted molar refractivity (Wildman–Crippen MR) is 213 cm³/mol. The maximum absolute atomic E-state index is 5.90. The topological polar surface area (TPSA) is 36.9 Å². The SMILES string of the molecule is CCCCCCc1cc(-c2sc(-c3cc(CCCCCC)c(-c4c(OC)cccc4OC)s3)c(C)c2C)sc1-c1c(OC)cccc1OC. The molecule has 0 aliphatic heterocycles. The number of benzene rings is 2. The molecule has 0 bridgehead atoms. The molecule has 262 valence electrons. The summed E-state index contributed by atoms with van der Waals surface area (Å²) >= 11 is 5.67. The van der Waals surface area contributed by atoms with Crippen LogP contribution in [0.5, 0.6) is 23.0 Å². The zero-order valence-electron chi connectivity index (χ0n) is 30.5. The van der Waals surface area contributed by atoms with E-state index in [2.05, 4.69) is 39.8 Å². The fraction of sp³-hybridized carbons (Fsp3) is 0.429. The molecule has 2 aromatic carbocycles. The molecule has 0 aliphatic rings. The van der Waals surface area contributed by atoms with Crippen molar-refractivity contribution in [1.29, 1.82) is 0 Å². The zero-order valence-corrected chi connectivity index (χ0v) is 33.0. The Hall–Kier alpha value is -3.26. The van der Waals surface area contributed by atoms with Gasteiger partial charge in [-0.05, 0) is 98.2 Å². The van der Waals surface area contributed by atoms with Crippen molar-refractivity contribution in [3.63, 3.8) is 0 Å². The minimum Gasteiger partial charge on any atom is -0.496 e. The lowest BCUT2D eigenvalue weighted by atomic mass is 10.0. The first-order chi connectivity index (χ1) is 23.9. The summed E-state index contributed by atoms with van der Waals surface area (Å²) in [7, 11) is 7.00. The van der Waals surface area contributed by atoms with Crippen LogP contribution in [0.25, 0.3) is 40.4 Å². The van der Waals surface area contributed by atoms with E-state index in [-0.39, 0.29) is 0 Å². The van der Waals surface area contributed by atoms with Crippen LogP contribution in [-0.4, -0.2) is 28.4 Å². The van der Waals surface area contributed by atoms with Gasteiger partial charge >= 0.3 is 0 Å². The minimum absolute atomic E-state index is 0.853. The molecule has 3 heterocycles. The van der Waals surface area contributed by atoms with Crippen molar-refractivity contribution in [2.24, 2.45) is 0 Å². The molecule has 0 fully saturated rings. The minimum atomic E-state index is 0.853. The summed E-state index contributed by atoms with van der Waals surface area (Å²) in [6.07, 6.45) is 11.9. The van der Waals surface area contributed by atoms with Gasteiger partial charge < -0.3 is 18.9 Å². The number of unbranched alkanes of at least 4 members (excludes halogenated alkanes) is 6. The summed E-state index contributed by atoms with van der Waals surface area (Å²) < 4.78 is 23.6. The van der Waals surface area contributed by atoms with Crippen LogP contribution in [0.1, 0.15) is 87.5 Å². The van der Waals surface area contributed by atoms with E-state index < -0.39 is 0 Å². The number of aryl methyl sites for hydroxylation is 2. The Balaban J connectivity index is 1.62. The van der Waals surface area contributed by atoms with Gasteiger partial charge in [-0.3, -0.25) is 0 Å². The Kier molecular flexibility index (Phi) is 13.3. The molecule has 49 heavy (non-hydrogen) atoms. The third kappa shape index (κ3) is 8.05.